The first-order valence-electron chi connectivity index (χ1n) is 5.86. The van der Waals surface area contributed by atoms with Crippen LogP contribution in [0.1, 0.15) is 6.42 Å². The highest BCUT2D eigenvalue weighted by molar-refractivity contribution is 6.30. The largest absolute Gasteiger partial charge is 0.493 e. The predicted octanol–water partition coefficient (Wildman–Crippen LogP) is 3.86. The van der Waals surface area contributed by atoms with Crippen LogP contribution in [0.3, 0.4) is 0 Å². The molecule has 0 amide bonds. The number of aliphatic carboxylic acids is 1. The normalized spacial score (nSPS) is 10.2. The van der Waals surface area contributed by atoms with Crippen LogP contribution in [-0.4, -0.2) is 17.7 Å². The first-order valence-corrected chi connectivity index (χ1v) is 6.23. The molecule has 0 fully saturated rings. The van der Waals surface area contributed by atoms with Crippen molar-refractivity contribution in [3.8, 4) is 16.9 Å². The third-order valence-corrected chi connectivity index (χ3v) is 2.81. The molecular formula is C15H13ClO3. The maximum Gasteiger partial charge on any atom is 0.306 e. The predicted molar refractivity (Wildman–Crippen MR) is 74.6 cm³/mol. The Morgan fingerprint density at radius 2 is 1.79 bits per heavy atom. The van der Waals surface area contributed by atoms with Crippen molar-refractivity contribution in [1.82, 2.24) is 0 Å². The van der Waals surface area contributed by atoms with Gasteiger partial charge in [-0.2, -0.15) is 0 Å². The fourth-order valence-corrected chi connectivity index (χ4v) is 1.88. The zero-order valence-electron chi connectivity index (χ0n) is 10.2. The van der Waals surface area contributed by atoms with Crippen molar-refractivity contribution >= 4 is 17.6 Å². The van der Waals surface area contributed by atoms with Gasteiger partial charge in [0.05, 0.1) is 13.0 Å². The van der Waals surface area contributed by atoms with E-state index in [4.69, 9.17) is 21.4 Å². The van der Waals surface area contributed by atoms with Crippen molar-refractivity contribution < 1.29 is 14.6 Å². The fraction of sp³-hybridized carbons (Fsp3) is 0.133. The molecule has 1 N–H and O–H groups in total. The maximum atomic E-state index is 10.4. The van der Waals surface area contributed by atoms with Gasteiger partial charge in [0.2, 0.25) is 0 Å². The Hall–Kier alpha value is -2.00. The van der Waals surface area contributed by atoms with E-state index in [-0.39, 0.29) is 13.0 Å². The molecule has 0 aromatic heterocycles. The monoisotopic (exact) mass is 276 g/mol. The average molecular weight is 277 g/mol. The molecule has 0 saturated heterocycles. The average Bonchev–Trinajstić information content (AvgIpc) is 2.39. The Morgan fingerprint density at radius 3 is 2.47 bits per heavy atom. The number of halogens is 1. The number of hydrogen-bond acceptors (Lipinski definition) is 2. The molecule has 0 saturated carbocycles. The van der Waals surface area contributed by atoms with E-state index in [2.05, 4.69) is 0 Å². The van der Waals surface area contributed by atoms with Gasteiger partial charge < -0.3 is 9.84 Å². The summed E-state index contributed by atoms with van der Waals surface area (Å²) in [6.07, 6.45) is -0.0125. The van der Waals surface area contributed by atoms with Gasteiger partial charge in [0.25, 0.3) is 0 Å². The van der Waals surface area contributed by atoms with Gasteiger partial charge in [0.1, 0.15) is 5.75 Å². The summed E-state index contributed by atoms with van der Waals surface area (Å²) >= 11 is 5.96. The Labute approximate surface area is 116 Å². The number of benzene rings is 2. The van der Waals surface area contributed by atoms with Gasteiger partial charge in [-0.15, -0.1) is 0 Å². The van der Waals surface area contributed by atoms with Gasteiger partial charge in [0, 0.05) is 5.02 Å². The third kappa shape index (κ3) is 4.00. The molecule has 19 heavy (non-hydrogen) atoms. The molecule has 0 atom stereocenters. The molecule has 0 heterocycles. The van der Waals surface area contributed by atoms with Crippen LogP contribution in [-0.2, 0) is 4.79 Å². The van der Waals surface area contributed by atoms with Gasteiger partial charge in [0.15, 0.2) is 0 Å². The van der Waals surface area contributed by atoms with E-state index < -0.39 is 5.97 Å². The molecule has 4 heteroatoms. The second-order valence-electron chi connectivity index (χ2n) is 4.03. The van der Waals surface area contributed by atoms with E-state index in [0.29, 0.717) is 10.8 Å². The van der Waals surface area contributed by atoms with Crippen LogP contribution < -0.4 is 4.74 Å². The minimum absolute atomic E-state index is 0.0125. The summed E-state index contributed by atoms with van der Waals surface area (Å²) in [4.78, 5) is 10.4. The Kier molecular flexibility index (Phi) is 4.42. The molecule has 0 aliphatic rings. The lowest BCUT2D eigenvalue weighted by molar-refractivity contribution is -0.137. The third-order valence-electron chi connectivity index (χ3n) is 2.58. The van der Waals surface area contributed by atoms with Crippen molar-refractivity contribution in [1.29, 1.82) is 0 Å². The van der Waals surface area contributed by atoms with Crippen LogP contribution in [0.15, 0.2) is 48.5 Å². The van der Waals surface area contributed by atoms with Crippen molar-refractivity contribution in [2.45, 2.75) is 6.42 Å². The van der Waals surface area contributed by atoms with E-state index in [1.807, 2.05) is 42.5 Å². The van der Waals surface area contributed by atoms with Crippen LogP contribution in [0.5, 0.6) is 5.75 Å². The minimum Gasteiger partial charge on any atom is -0.493 e. The highest BCUT2D eigenvalue weighted by Crippen LogP contribution is 2.26. The summed E-state index contributed by atoms with van der Waals surface area (Å²) in [5, 5.41) is 9.24. The second kappa shape index (κ2) is 6.25. The molecule has 0 aliphatic heterocycles. The lowest BCUT2D eigenvalue weighted by atomic mass is 10.1. The summed E-state index contributed by atoms with van der Waals surface area (Å²) in [5.74, 6) is -0.218. The number of rotatable bonds is 5. The number of ether oxygens (including phenoxy) is 1. The summed E-state index contributed by atoms with van der Waals surface area (Å²) in [6, 6.07) is 15.0. The van der Waals surface area contributed by atoms with Crippen molar-refractivity contribution in [2.24, 2.45) is 0 Å². The fourth-order valence-electron chi connectivity index (χ4n) is 1.69. The number of carbonyl (C=O) groups is 1. The molecule has 98 valence electrons. The van der Waals surface area contributed by atoms with Crippen molar-refractivity contribution in [3.05, 3.63) is 53.6 Å². The first kappa shape index (κ1) is 13.4. The molecule has 0 radical (unpaired) electrons. The smallest absolute Gasteiger partial charge is 0.306 e. The molecule has 2 rings (SSSR count). The molecule has 0 bridgehead atoms. The molecule has 0 unspecified atom stereocenters. The van der Waals surface area contributed by atoms with Crippen LogP contribution in [0.4, 0.5) is 0 Å². The lowest BCUT2D eigenvalue weighted by Crippen LogP contribution is -2.04. The molecule has 3 nitrogen and oxygen atoms in total. The first-order chi connectivity index (χ1) is 9.15. The van der Waals surface area contributed by atoms with Crippen molar-refractivity contribution in [3.63, 3.8) is 0 Å². The minimum atomic E-state index is -0.869. The van der Waals surface area contributed by atoms with Crippen LogP contribution in [0.2, 0.25) is 5.02 Å². The Balaban J connectivity index is 2.13. The Bertz CT molecular complexity index is 581. The highest BCUT2D eigenvalue weighted by atomic mass is 35.5. The molecule has 0 spiro atoms. The van der Waals surface area contributed by atoms with Crippen LogP contribution in [0.25, 0.3) is 11.1 Å². The molecule has 2 aromatic carbocycles. The zero-order valence-corrected chi connectivity index (χ0v) is 10.9. The SMILES string of the molecule is O=C(O)CCOc1cccc(-c2cccc(Cl)c2)c1. The zero-order chi connectivity index (χ0) is 13.7. The number of carboxylic acid groups (broad SMARTS) is 1. The second-order valence-corrected chi connectivity index (χ2v) is 4.47. The summed E-state index contributed by atoms with van der Waals surface area (Å²) in [6.45, 7) is 0.161. The molecular weight excluding hydrogens is 264 g/mol. The highest BCUT2D eigenvalue weighted by Gasteiger charge is 2.02. The van der Waals surface area contributed by atoms with E-state index in [1.54, 1.807) is 6.07 Å². The Morgan fingerprint density at radius 1 is 1.11 bits per heavy atom. The van der Waals surface area contributed by atoms with E-state index >= 15 is 0 Å². The molecule has 0 aliphatic carbocycles. The topological polar surface area (TPSA) is 46.5 Å². The summed E-state index contributed by atoms with van der Waals surface area (Å²) < 4.78 is 5.40. The van der Waals surface area contributed by atoms with Gasteiger partial charge in [-0.25, -0.2) is 0 Å². The van der Waals surface area contributed by atoms with Gasteiger partial charge >= 0.3 is 5.97 Å². The summed E-state index contributed by atoms with van der Waals surface area (Å²) in [5.41, 5.74) is 1.98. The van der Waals surface area contributed by atoms with Crippen molar-refractivity contribution in [2.75, 3.05) is 6.61 Å². The van der Waals surface area contributed by atoms with Gasteiger partial charge in [-0.3, -0.25) is 4.79 Å². The van der Waals surface area contributed by atoms with E-state index in [0.717, 1.165) is 11.1 Å². The molecule has 2 aromatic rings. The maximum absolute atomic E-state index is 10.4. The van der Waals surface area contributed by atoms with Crippen LogP contribution in [0, 0.1) is 0 Å². The van der Waals surface area contributed by atoms with Crippen LogP contribution >= 0.6 is 11.6 Å². The number of hydrogen-bond donors (Lipinski definition) is 1. The quantitative estimate of drug-likeness (QED) is 0.902. The van der Waals surface area contributed by atoms with E-state index in [1.165, 1.54) is 0 Å². The lowest BCUT2D eigenvalue weighted by Gasteiger charge is -2.07. The van der Waals surface area contributed by atoms with Gasteiger partial charge in [-0.1, -0.05) is 35.9 Å². The summed E-state index contributed by atoms with van der Waals surface area (Å²) in [7, 11) is 0. The standard InChI is InChI=1S/C15H13ClO3/c16-13-5-1-3-11(9-13)12-4-2-6-14(10-12)19-8-7-15(17)18/h1-6,9-10H,7-8H2,(H,17,18). The number of carboxylic acids is 1. The van der Waals surface area contributed by atoms with Gasteiger partial charge in [-0.05, 0) is 35.4 Å². The van der Waals surface area contributed by atoms with E-state index in [9.17, 15) is 4.79 Å².